The molecular weight excluding hydrogens is 278 g/mol. The van der Waals surface area contributed by atoms with Crippen LogP contribution in [0.15, 0.2) is 12.1 Å². The van der Waals surface area contributed by atoms with Gasteiger partial charge in [0.1, 0.15) is 11.9 Å². The number of aliphatic hydroxyl groups is 1. The maximum atomic E-state index is 12.1. The van der Waals surface area contributed by atoms with Gasteiger partial charge in [-0.05, 0) is 56.8 Å². The highest BCUT2D eigenvalue weighted by molar-refractivity contribution is 5.85. The fourth-order valence-electron chi connectivity index (χ4n) is 5.20. The molecule has 22 heavy (non-hydrogen) atoms. The first kappa shape index (κ1) is 14.2. The number of likely N-dealkylation sites (N-methyl/N-ethyl adjacent to an activating group) is 1. The number of Topliss-reactive ketones (excluding diaryl/α,β-unsaturated/α-hetero) is 1. The number of ketones is 1. The number of phenolic OH excluding ortho intramolecular Hbond substituents is 1. The van der Waals surface area contributed by atoms with Gasteiger partial charge in [-0.2, -0.15) is 0 Å². The molecule has 4 unspecified atom stereocenters. The maximum Gasteiger partial charge on any atom is 0.161 e. The molecule has 1 aromatic rings. The van der Waals surface area contributed by atoms with E-state index in [-0.39, 0.29) is 17.1 Å². The Labute approximate surface area is 130 Å². The van der Waals surface area contributed by atoms with Crippen LogP contribution in [0.25, 0.3) is 0 Å². The summed E-state index contributed by atoms with van der Waals surface area (Å²) in [6.45, 7) is 2.88. The molecule has 4 heteroatoms. The molecule has 1 aliphatic heterocycles. The van der Waals surface area contributed by atoms with Gasteiger partial charge in [0.15, 0.2) is 5.78 Å². The van der Waals surface area contributed by atoms with Crippen LogP contribution in [-0.2, 0) is 16.6 Å². The number of carbonyl (C=O) groups is 1. The van der Waals surface area contributed by atoms with E-state index < -0.39 is 6.10 Å². The number of nitrogens with zero attached hydrogens (tertiary/aromatic N) is 1. The minimum Gasteiger partial charge on any atom is -0.507 e. The van der Waals surface area contributed by atoms with E-state index in [0.717, 1.165) is 30.5 Å². The zero-order valence-corrected chi connectivity index (χ0v) is 13.2. The summed E-state index contributed by atoms with van der Waals surface area (Å²) < 4.78 is 0. The van der Waals surface area contributed by atoms with Gasteiger partial charge in [-0.25, -0.2) is 0 Å². The van der Waals surface area contributed by atoms with Gasteiger partial charge in [-0.1, -0.05) is 12.1 Å². The van der Waals surface area contributed by atoms with Crippen LogP contribution in [0.3, 0.4) is 0 Å². The molecule has 2 aliphatic carbocycles. The van der Waals surface area contributed by atoms with Crippen molar-refractivity contribution in [2.45, 2.75) is 50.2 Å². The van der Waals surface area contributed by atoms with Crippen molar-refractivity contribution in [2.24, 2.45) is 5.92 Å². The third-order valence-corrected chi connectivity index (χ3v) is 6.39. The second-order valence-electron chi connectivity index (χ2n) is 7.42. The van der Waals surface area contributed by atoms with Crippen LogP contribution >= 0.6 is 0 Å². The molecular formula is C18H23NO3. The molecule has 0 aromatic heterocycles. The van der Waals surface area contributed by atoms with Gasteiger partial charge in [0.25, 0.3) is 0 Å². The molecule has 0 radical (unpaired) electrons. The van der Waals surface area contributed by atoms with E-state index >= 15 is 0 Å². The summed E-state index contributed by atoms with van der Waals surface area (Å²) in [6, 6.07) is 4.43. The fourth-order valence-corrected chi connectivity index (χ4v) is 5.20. The lowest BCUT2D eigenvalue weighted by molar-refractivity contribution is -0.139. The Balaban J connectivity index is 1.95. The third kappa shape index (κ3) is 1.68. The molecule has 2 bridgehead atoms. The summed E-state index contributed by atoms with van der Waals surface area (Å²) in [5.41, 5.74) is 2.86. The topological polar surface area (TPSA) is 60.8 Å². The largest absolute Gasteiger partial charge is 0.507 e. The van der Waals surface area contributed by atoms with E-state index in [2.05, 4.69) is 18.0 Å². The molecule has 1 saturated heterocycles. The maximum absolute atomic E-state index is 12.1. The van der Waals surface area contributed by atoms with Gasteiger partial charge in [0.05, 0.1) is 0 Å². The number of aliphatic hydroxyl groups excluding tert-OH is 1. The number of hydrogen-bond donors (Lipinski definition) is 2. The summed E-state index contributed by atoms with van der Waals surface area (Å²) in [4.78, 5) is 14.5. The quantitative estimate of drug-likeness (QED) is 0.763. The van der Waals surface area contributed by atoms with Crippen molar-refractivity contribution >= 4 is 5.78 Å². The molecule has 3 aliphatic rings. The van der Waals surface area contributed by atoms with Crippen LogP contribution in [0, 0.1) is 12.8 Å². The molecule has 0 spiro atoms. The van der Waals surface area contributed by atoms with E-state index in [1.807, 2.05) is 13.0 Å². The summed E-state index contributed by atoms with van der Waals surface area (Å²) in [6.07, 6.45) is 1.80. The Morgan fingerprint density at radius 2 is 2.09 bits per heavy atom. The van der Waals surface area contributed by atoms with E-state index in [1.54, 1.807) is 0 Å². The van der Waals surface area contributed by atoms with Crippen LogP contribution in [-0.4, -0.2) is 46.6 Å². The molecule has 1 saturated carbocycles. The predicted molar refractivity (Wildman–Crippen MR) is 83.0 cm³/mol. The summed E-state index contributed by atoms with van der Waals surface area (Å²) in [5.74, 6) is 0.561. The number of aromatic hydroxyl groups is 1. The Hall–Kier alpha value is -1.39. The average molecular weight is 301 g/mol. The number of rotatable bonds is 0. The van der Waals surface area contributed by atoms with Gasteiger partial charge in [-0.3, -0.25) is 4.79 Å². The van der Waals surface area contributed by atoms with Gasteiger partial charge in [-0.15, -0.1) is 0 Å². The van der Waals surface area contributed by atoms with Crippen LogP contribution in [0.2, 0.25) is 0 Å². The van der Waals surface area contributed by atoms with Gasteiger partial charge in [0.2, 0.25) is 0 Å². The Morgan fingerprint density at radius 3 is 2.86 bits per heavy atom. The van der Waals surface area contributed by atoms with Crippen LogP contribution in [0.5, 0.6) is 5.75 Å². The van der Waals surface area contributed by atoms with Crippen molar-refractivity contribution in [3.63, 3.8) is 0 Å². The van der Waals surface area contributed by atoms with Crippen molar-refractivity contribution in [2.75, 3.05) is 13.6 Å². The number of likely N-dealkylation sites (tertiary alicyclic amines) is 1. The first-order valence-electron chi connectivity index (χ1n) is 8.17. The smallest absolute Gasteiger partial charge is 0.161 e. The number of aryl methyl sites for hydroxylation is 1. The van der Waals surface area contributed by atoms with Gasteiger partial charge in [0, 0.05) is 23.4 Å². The predicted octanol–water partition coefficient (Wildman–Crippen LogP) is 1.54. The minimum atomic E-state index is -0.883. The van der Waals surface area contributed by atoms with Gasteiger partial charge >= 0.3 is 0 Å². The molecule has 2 N–H and O–H groups in total. The van der Waals surface area contributed by atoms with E-state index in [9.17, 15) is 15.0 Å². The molecule has 4 atom stereocenters. The third-order valence-electron chi connectivity index (χ3n) is 6.39. The number of fused-ring (bicyclic) bond motifs is 1. The highest BCUT2D eigenvalue weighted by Gasteiger charge is 2.57. The highest BCUT2D eigenvalue weighted by Crippen LogP contribution is 2.57. The normalized spacial score (nSPS) is 37.6. The van der Waals surface area contributed by atoms with Crippen LogP contribution < -0.4 is 0 Å². The highest BCUT2D eigenvalue weighted by atomic mass is 16.3. The first-order valence-corrected chi connectivity index (χ1v) is 8.17. The number of piperidine rings is 1. The molecule has 2 fully saturated rings. The van der Waals surface area contributed by atoms with Crippen molar-refractivity contribution < 1.29 is 15.0 Å². The minimum absolute atomic E-state index is 0.0310. The summed E-state index contributed by atoms with van der Waals surface area (Å²) in [7, 11) is 2.13. The lowest BCUT2D eigenvalue weighted by Gasteiger charge is -2.58. The lowest BCUT2D eigenvalue weighted by atomic mass is 9.51. The number of phenols is 1. The van der Waals surface area contributed by atoms with E-state index in [4.69, 9.17) is 0 Å². The second kappa shape index (κ2) is 4.56. The zero-order chi connectivity index (χ0) is 15.6. The zero-order valence-electron chi connectivity index (χ0n) is 13.2. The fraction of sp³-hybridized carbons (Fsp3) is 0.611. The SMILES string of the molecule is Cc1ccc2c(c1O)C13CCN(C)C(C2)C1CC(=O)C(O)C3. The Bertz CT molecular complexity index is 656. The van der Waals surface area contributed by atoms with Crippen molar-refractivity contribution in [3.8, 4) is 5.75 Å². The molecule has 4 nitrogen and oxygen atoms in total. The molecule has 118 valence electrons. The first-order chi connectivity index (χ1) is 10.4. The van der Waals surface area contributed by atoms with Crippen molar-refractivity contribution in [3.05, 3.63) is 28.8 Å². The van der Waals surface area contributed by atoms with Crippen molar-refractivity contribution in [1.82, 2.24) is 4.90 Å². The average Bonchev–Trinajstić information content (AvgIpc) is 2.48. The summed E-state index contributed by atoms with van der Waals surface area (Å²) >= 11 is 0. The monoisotopic (exact) mass is 301 g/mol. The number of hydrogen-bond acceptors (Lipinski definition) is 4. The number of carbonyl (C=O) groups excluding carboxylic acids is 1. The van der Waals surface area contributed by atoms with E-state index in [1.165, 1.54) is 5.56 Å². The van der Waals surface area contributed by atoms with Crippen molar-refractivity contribution in [1.29, 1.82) is 0 Å². The second-order valence-corrected chi connectivity index (χ2v) is 7.42. The lowest BCUT2D eigenvalue weighted by Crippen LogP contribution is -2.63. The van der Waals surface area contributed by atoms with Gasteiger partial charge < -0.3 is 15.1 Å². The van der Waals surface area contributed by atoms with Crippen LogP contribution in [0.1, 0.15) is 36.0 Å². The standard InChI is InChI=1S/C18H23NO3/c1-10-3-4-11-7-13-12-8-14(20)15(21)9-18(12,5-6-19(13)2)16(11)17(10)22/h3-4,12-13,15,21-22H,5-9H2,1-2H3. The Morgan fingerprint density at radius 1 is 1.32 bits per heavy atom. The van der Waals surface area contributed by atoms with Crippen LogP contribution in [0.4, 0.5) is 0 Å². The molecule has 1 aromatic carbocycles. The summed E-state index contributed by atoms with van der Waals surface area (Å²) in [5, 5.41) is 21.0. The molecule has 4 rings (SSSR count). The Kier molecular flexibility index (Phi) is 2.94. The molecule has 0 amide bonds. The number of benzene rings is 1. The van der Waals surface area contributed by atoms with E-state index in [0.29, 0.717) is 24.6 Å². The molecule has 1 heterocycles.